The van der Waals surface area contributed by atoms with E-state index < -0.39 is 0 Å². The molecule has 0 radical (unpaired) electrons. The maximum Gasteiger partial charge on any atom is 0.121 e. The van der Waals surface area contributed by atoms with Crippen LogP contribution in [0.25, 0.3) is 0 Å². The van der Waals surface area contributed by atoms with Crippen LogP contribution in [-0.4, -0.2) is 32.8 Å². The molecule has 3 heteroatoms. The minimum absolute atomic E-state index is 0.685. The highest BCUT2D eigenvalue weighted by Gasteiger charge is 2.33. The van der Waals surface area contributed by atoms with Crippen molar-refractivity contribution >= 4 is 5.69 Å². The Labute approximate surface area is 115 Å². The molecule has 1 aliphatic carbocycles. The van der Waals surface area contributed by atoms with E-state index in [0.717, 1.165) is 31.3 Å². The molecule has 1 N–H and O–H groups in total. The fourth-order valence-corrected chi connectivity index (χ4v) is 3.06. The zero-order chi connectivity index (χ0) is 13.2. The van der Waals surface area contributed by atoms with E-state index in [1.54, 1.807) is 7.11 Å². The molecule has 3 rings (SSSR count). The maximum absolute atomic E-state index is 5.35. The van der Waals surface area contributed by atoms with Crippen molar-refractivity contribution in [2.75, 3.05) is 31.6 Å². The molecule has 19 heavy (non-hydrogen) atoms. The van der Waals surface area contributed by atoms with E-state index in [1.807, 2.05) is 0 Å². The molecule has 0 spiro atoms. The summed E-state index contributed by atoms with van der Waals surface area (Å²) in [6, 6.07) is 7.23. The quantitative estimate of drug-likeness (QED) is 0.904. The largest absolute Gasteiger partial charge is 0.496 e. The Morgan fingerprint density at radius 2 is 2.16 bits per heavy atom. The van der Waals surface area contributed by atoms with E-state index >= 15 is 0 Å². The molecule has 0 amide bonds. The molecule has 0 aromatic heterocycles. The Bertz CT molecular complexity index is 442. The van der Waals surface area contributed by atoms with Gasteiger partial charge in [0.2, 0.25) is 0 Å². The summed E-state index contributed by atoms with van der Waals surface area (Å²) in [5.41, 5.74) is 2.56. The van der Waals surface area contributed by atoms with Crippen LogP contribution in [0.2, 0.25) is 0 Å². The van der Waals surface area contributed by atoms with Crippen molar-refractivity contribution in [3.8, 4) is 5.75 Å². The number of ether oxygens (including phenoxy) is 1. The molecule has 104 valence electrons. The number of nitrogens with one attached hydrogen (secondary N) is 1. The number of nitrogens with zero attached hydrogens (tertiary/aromatic N) is 1. The minimum atomic E-state index is 0.685. The van der Waals surface area contributed by atoms with Crippen molar-refractivity contribution in [1.82, 2.24) is 5.32 Å². The molecular formula is C16H24N2O. The van der Waals surface area contributed by atoms with Crippen molar-refractivity contribution < 1.29 is 4.74 Å². The SMILES string of the molecule is COc1ccc(N2CCCNC(C3CC3)C2)cc1C. The number of hydrogen-bond donors (Lipinski definition) is 1. The molecule has 1 unspecified atom stereocenters. The number of methoxy groups -OCH3 is 1. The van der Waals surface area contributed by atoms with Gasteiger partial charge in [-0.25, -0.2) is 0 Å². The second-order valence-electron chi connectivity index (χ2n) is 5.85. The summed E-state index contributed by atoms with van der Waals surface area (Å²) in [5.74, 6) is 1.90. The summed E-state index contributed by atoms with van der Waals surface area (Å²) >= 11 is 0. The molecule has 3 nitrogen and oxygen atoms in total. The molecular weight excluding hydrogens is 236 g/mol. The van der Waals surface area contributed by atoms with Gasteiger partial charge in [-0.15, -0.1) is 0 Å². The highest BCUT2D eigenvalue weighted by Crippen LogP contribution is 2.34. The lowest BCUT2D eigenvalue weighted by Gasteiger charge is -2.27. The van der Waals surface area contributed by atoms with Crippen LogP contribution in [0.3, 0.4) is 0 Å². The van der Waals surface area contributed by atoms with Crippen LogP contribution in [0.1, 0.15) is 24.8 Å². The lowest BCUT2D eigenvalue weighted by Crippen LogP contribution is -2.39. The van der Waals surface area contributed by atoms with Crippen molar-refractivity contribution in [3.05, 3.63) is 23.8 Å². The van der Waals surface area contributed by atoms with Gasteiger partial charge in [0.25, 0.3) is 0 Å². The second kappa shape index (κ2) is 5.41. The molecule has 1 atom stereocenters. The molecule has 1 saturated heterocycles. The standard InChI is InChI=1S/C16H24N2O/c1-12-10-14(6-7-16(12)19-2)18-9-3-8-17-15(11-18)13-4-5-13/h6-7,10,13,15,17H,3-5,8-9,11H2,1-2H3. The van der Waals surface area contributed by atoms with Gasteiger partial charge in [-0.1, -0.05) is 0 Å². The van der Waals surface area contributed by atoms with Gasteiger partial charge in [-0.05, 0) is 62.4 Å². The zero-order valence-electron chi connectivity index (χ0n) is 12.0. The van der Waals surface area contributed by atoms with Crippen molar-refractivity contribution in [2.45, 2.75) is 32.2 Å². The third-order valence-corrected chi connectivity index (χ3v) is 4.36. The van der Waals surface area contributed by atoms with Gasteiger partial charge in [-0.3, -0.25) is 0 Å². The summed E-state index contributed by atoms with van der Waals surface area (Å²) in [7, 11) is 1.74. The summed E-state index contributed by atoms with van der Waals surface area (Å²) < 4.78 is 5.35. The molecule has 0 bridgehead atoms. The topological polar surface area (TPSA) is 24.5 Å². The molecule has 1 aliphatic heterocycles. The van der Waals surface area contributed by atoms with Gasteiger partial charge in [0.1, 0.15) is 5.75 Å². The Morgan fingerprint density at radius 1 is 1.32 bits per heavy atom. The van der Waals surface area contributed by atoms with E-state index in [9.17, 15) is 0 Å². The van der Waals surface area contributed by atoms with E-state index in [4.69, 9.17) is 4.74 Å². The van der Waals surface area contributed by atoms with Crippen molar-refractivity contribution in [2.24, 2.45) is 5.92 Å². The fourth-order valence-electron chi connectivity index (χ4n) is 3.06. The predicted molar refractivity (Wildman–Crippen MR) is 79.1 cm³/mol. The number of anilines is 1. The smallest absolute Gasteiger partial charge is 0.121 e. The van der Waals surface area contributed by atoms with Crippen LogP contribution in [0.5, 0.6) is 5.75 Å². The second-order valence-corrected chi connectivity index (χ2v) is 5.85. The molecule has 1 heterocycles. The normalized spacial score (nSPS) is 24.1. The summed E-state index contributed by atoms with van der Waals surface area (Å²) in [6.45, 7) is 5.59. The maximum atomic E-state index is 5.35. The summed E-state index contributed by atoms with van der Waals surface area (Å²) in [6.07, 6.45) is 4.05. The Balaban J connectivity index is 1.77. The fraction of sp³-hybridized carbons (Fsp3) is 0.625. The van der Waals surface area contributed by atoms with Gasteiger partial charge >= 0.3 is 0 Å². The molecule has 1 aromatic rings. The Morgan fingerprint density at radius 3 is 2.84 bits per heavy atom. The lowest BCUT2D eigenvalue weighted by atomic mass is 10.1. The molecule has 1 aromatic carbocycles. The number of aryl methyl sites for hydroxylation is 1. The third-order valence-electron chi connectivity index (χ3n) is 4.36. The first-order chi connectivity index (χ1) is 9.28. The van der Waals surface area contributed by atoms with Gasteiger partial charge in [-0.2, -0.15) is 0 Å². The highest BCUT2D eigenvalue weighted by molar-refractivity contribution is 5.53. The summed E-state index contributed by atoms with van der Waals surface area (Å²) in [4.78, 5) is 2.54. The van der Waals surface area contributed by atoms with E-state index in [0.29, 0.717) is 6.04 Å². The van der Waals surface area contributed by atoms with Crippen LogP contribution in [-0.2, 0) is 0 Å². The predicted octanol–water partition coefficient (Wildman–Crippen LogP) is 2.58. The monoisotopic (exact) mass is 260 g/mol. The average Bonchev–Trinajstić information content (AvgIpc) is 3.24. The summed E-state index contributed by atoms with van der Waals surface area (Å²) in [5, 5.41) is 3.71. The van der Waals surface area contributed by atoms with Crippen molar-refractivity contribution in [1.29, 1.82) is 0 Å². The van der Waals surface area contributed by atoms with Crippen LogP contribution < -0.4 is 15.0 Å². The average molecular weight is 260 g/mol. The van der Waals surface area contributed by atoms with Crippen LogP contribution in [0.15, 0.2) is 18.2 Å². The van der Waals surface area contributed by atoms with Gasteiger partial charge in [0.05, 0.1) is 7.11 Å². The number of benzene rings is 1. The Hall–Kier alpha value is -1.22. The Kier molecular flexibility index (Phi) is 3.65. The first kappa shape index (κ1) is 12.8. The van der Waals surface area contributed by atoms with E-state index in [1.165, 1.54) is 30.5 Å². The van der Waals surface area contributed by atoms with Gasteiger partial charge in [0.15, 0.2) is 0 Å². The zero-order valence-corrected chi connectivity index (χ0v) is 12.0. The highest BCUT2D eigenvalue weighted by atomic mass is 16.5. The van der Waals surface area contributed by atoms with Gasteiger partial charge in [0, 0.05) is 24.8 Å². The first-order valence-electron chi connectivity index (χ1n) is 7.41. The number of rotatable bonds is 3. The third kappa shape index (κ3) is 2.86. The first-order valence-corrected chi connectivity index (χ1v) is 7.41. The molecule has 1 saturated carbocycles. The van der Waals surface area contributed by atoms with Crippen LogP contribution >= 0.6 is 0 Å². The van der Waals surface area contributed by atoms with Crippen LogP contribution in [0, 0.1) is 12.8 Å². The van der Waals surface area contributed by atoms with E-state index in [-0.39, 0.29) is 0 Å². The van der Waals surface area contributed by atoms with Gasteiger partial charge < -0.3 is 15.0 Å². The molecule has 2 aliphatic rings. The minimum Gasteiger partial charge on any atom is -0.496 e. The van der Waals surface area contributed by atoms with Crippen molar-refractivity contribution in [3.63, 3.8) is 0 Å². The van der Waals surface area contributed by atoms with E-state index in [2.05, 4.69) is 35.3 Å². The molecule has 2 fully saturated rings. The van der Waals surface area contributed by atoms with Crippen LogP contribution in [0.4, 0.5) is 5.69 Å². The lowest BCUT2D eigenvalue weighted by molar-refractivity contribution is 0.411. The number of hydrogen-bond acceptors (Lipinski definition) is 3.